The molecule has 7 heteroatoms. The molecule has 0 fully saturated rings. The van der Waals surface area contributed by atoms with Crippen molar-refractivity contribution in [3.05, 3.63) is 70.9 Å². The van der Waals surface area contributed by atoms with Gasteiger partial charge in [-0.2, -0.15) is 11.3 Å². The van der Waals surface area contributed by atoms with Crippen molar-refractivity contribution in [3.8, 4) is 17.2 Å². The standard InChI is InChI=1S/C23H24N2O4S/c1-2-28-19-9-11-21(12-10-19)29-20-7-5-18(6-8-20)25-22(26)4-3-14-24-23(27)17-13-15-30-16-17/h5-13,15-16H,2-4,14H2,1H3,(H,24,27)(H,25,26). The van der Waals surface area contributed by atoms with Gasteiger partial charge in [0.15, 0.2) is 0 Å². The highest BCUT2D eigenvalue weighted by Gasteiger charge is 2.07. The smallest absolute Gasteiger partial charge is 0.252 e. The van der Waals surface area contributed by atoms with E-state index in [4.69, 9.17) is 9.47 Å². The fraction of sp³-hybridized carbons (Fsp3) is 0.217. The average molecular weight is 425 g/mol. The Morgan fingerprint density at radius 3 is 2.23 bits per heavy atom. The zero-order chi connectivity index (χ0) is 21.2. The number of hydrogen-bond acceptors (Lipinski definition) is 5. The van der Waals surface area contributed by atoms with E-state index in [-0.39, 0.29) is 11.8 Å². The monoisotopic (exact) mass is 424 g/mol. The Labute approximate surface area is 179 Å². The Morgan fingerprint density at radius 2 is 1.60 bits per heavy atom. The Hall–Kier alpha value is -3.32. The highest BCUT2D eigenvalue weighted by molar-refractivity contribution is 7.08. The number of hydrogen-bond donors (Lipinski definition) is 2. The first-order valence-corrected chi connectivity index (χ1v) is 10.7. The summed E-state index contributed by atoms with van der Waals surface area (Å²) >= 11 is 1.48. The van der Waals surface area contributed by atoms with E-state index in [0.717, 1.165) is 5.75 Å². The van der Waals surface area contributed by atoms with Crippen molar-refractivity contribution >= 4 is 28.8 Å². The number of benzene rings is 2. The summed E-state index contributed by atoms with van der Waals surface area (Å²) in [7, 11) is 0. The van der Waals surface area contributed by atoms with E-state index in [1.807, 2.05) is 36.6 Å². The number of ether oxygens (including phenoxy) is 2. The molecule has 30 heavy (non-hydrogen) atoms. The van der Waals surface area contributed by atoms with Crippen molar-refractivity contribution in [2.45, 2.75) is 19.8 Å². The number of amides is 2. The molecule has 0 saturated carbocycles. The molecule has 6 nitrogen and oxygen atoms in total. The molecule has 0 aliphatic heterocycles. The lowest BCUT2D eigenvalue weighted by Crippen LogP contribution is -2.25. The third-order valence-corrected chi connectivity index (χ3v) is 4.84. The van der Waals surface area contributed by atoms with Crippen LogP contribution in [0.3, 0.4) is 0 Å². The maximum Gasteiger partial charge on any atom is 0.252 e. The molecule has 3 rings (SSSR count). The van der Waals surface area contributed by atoms with Gasteiger partial charge in [0.25, 0.3) is 5.91 Å². The summed E-state index contributed by atoms with van der Waals surface area (Å²) in [6, 6.07) is 16.4. The summed E-state index contributed by atoms with van der Waals surface area (Å²) in [6.07, 6.45) is 0.898. The lowest BCUT2D eigenvalue weighted by molar-refractivity contribution is -0.116. The molecule has 0 spiro atoms. The third-order valence-electron chi connectivity index (χ3n) is 4.16. The molecule has 0 aliphatic rings. The second kappa shape index (κ2) is 11.0. The largest absolute Gasteiger partial charge is 0.494 e. The lowest BCUT2D eigenvalue weighted by Gasteiger charge is -2.09. The van der Waals surface area contributed by atoms with Crippen molar-refractivity contribution in [1.82, 2.24) is 5.32 Å². The maximum absolute atomic E-state index is 12.1. The van der Waals surface area contributed by atoms with Crippen LogP contribution in [0, 0.1) is 0 Å². The van der Waals surface area contributed by atoms with Crippen LogP contribution in [0.4, 0.5) is 5.69 Å². The van der Waals surface area contributed by atoms with Gasteiger partial charge in [0.1, 0.15) is 17.2 Å². The van der Waals surface area contributed by atoms with Crippen molar-refractivity contribution in [3.63, 3.8) is 0 Å². The first kappa shape index (κ1) is 21.4. The average Bonchev–Trinajstić information content (AvgIpc) is 3.29. The van der Waals surface area contributed by atoms with Crippen LogP contribution < -0.4 is 20.1 Å². The Kier molecular flexibility index (Phi) is 7.86. The van der Waals surface area contributed by atoms with Gasteiger partial charge in [-0.25, -0.2) is 0 Å². The predicted molar refractivity (Wildman–Crippen MR) is 119 cm³/mol. The minimum Gasteiger partial charge on any atom is -0.494 e. The molecule has 0 saturated heterocycles. The van der Waals surface area contributed by atoms with Crippen LogP contribution in [0.5, 0.6) is 17.2 Å². The molecule has 0 radical (unpaired) electrons. The van der Waals surface area contributed by atoms with E-state index >= 15 is 0 Å². The van der Waals surface area contributed by atoms with Crippen molar-refractivity contribution in [2.24, 2.45) is 0 Å². The van der Waals surface area contributed by atoms with Gasteiger partial charge in [0.2, 0.25) is 5.91 Å². The van der Waals surface area contributed by atoms with Crippen LogP contribution in [-0.2, 0) is 4.79 Å². The van der Waals surface area contributed by atoms with E-state index in [0.29, 0.717) is 48.7 Å². The Balaban J connectivity index is 1.39. The molecule has 0 bridgehead atoms. The SMILES string of the molecule is CCOc1ccc(Oc2ccc(NC(=O)CCCNC(=O)c3ccsc3)cc2)cc1. The van der Waals surface area contributed by atoms with Gasteiger partial charge in [0.05, 0.1) is 6.61 Å². The van der Waals surface area contributed by atoms with Gasteiger partial charge in [-0.1, -0.05) is 0 Å². The molecular weight excluding hydrogens is 400 g/mol. The molecule has 0 aliphatic carbocycles. The van der Waals surface area contributed by atoms with Crippen molar-refractivity contribution < 1.29 is 19.1 Å². The summed E-state index contributed by atoms with van der Waals surface area (Å²) in [5.74, 6) is 1.97. The molecule has 3 aromatic rings. The van der Waals surface area contributed by atoms with E-state index in [2.05, 4.69) is 10.6 Å². The minimum absolute atomic E-state index is 0.0973. The van der Waals surface area contributed by atoms with E-state index < -0.39 is 0 Å². The highest BCUT2D eigenvalue weighted by atomic mass is 32.1. The summed E-state index contributed by atoms with van der Waals surface area (Å²) < 4.78 is 11.2. The molecule has 2 N–H and O–H groups in total. The van der Waals surface area contributed by atoms with Crippen LogP contribution >= 0.6 is 11.3 Å². The molecule has 2 amide bonds. The van der Waals surface area contributed by atoms with Crippen LogP contribution in [0.25, 0.3) is 0 Å². The first-order valence-electron chi connectivity index (χ1n) is 9.75. The van der Waals surface area contributed by atoms with Gasteiger partial charge >= 0.3 is 0 Å². The quantitative estimate of drug-likeness (QED) is 0.445. The van der Waals surface area contributed by atoms with Crippen molar-refractivity contribution in [2.75, 3.05) is 18.5 Å². The zero-order valence-corrected chi connectivity index (χ0v) is 17.5. The fourth-order valence-corrected chi connectivity index (χ4v) is 3.32. The normalized spacial score (nSPS) is 10.3. The third kappa shape index (κ3) is 6.63. The molecular formula is C23H24N2O4S. The fourth-order valence-electron chi connectivity index (χ4n) is 2.68. The van der Waals surface area contributed by atoms with Crippen LogP contribution in [0.15, 0.2) is 65.4 Å². The van der Waals surface area contributed by atoms with Gasteiger partial charge in [-0.3, -0.25) is 9.59 Å². The van der Waals surface area contributed by atoms with Gasteiger partial charge in [-0.05, 0) is 73.3 Å². The summed E-state index contributed by atoms with van der Waals surface area (Å²) in [4.78, 5) is 23.9. The second-order valence-electron chi connectivity index (χ2n) is 6.45. The molecule has 1 heterocycles. The van der Waals surface area contributed by atoms with Gasteiger partial charge in [-0.15, -0.1) is 0 Å². The maximum atomic E-state index is 12.1. The summed E-state index contributed by atoms with van der Waals surface area (Å²) in [5.41, 5.74) is 1.35. The number of carbonyl (C=O) groups is 2. The zero-order valence-electron chi connectivity index (χ0n) is 16.7. The van der Waals surface area contributed by atoms with Gasteiger partial charge < -0.3 is 20.1 Å². The van der Waals surface area contributed by atoms with Crippen molar-refractivity contribution in [1.29, 1.82) is 0 Å². The number of nitrogens with one attached hydrogen (secondary N) is 2. The molecule has 2 aromatic carbocycles. The Bertz CT molecular complexity index is 938. The molecule has 156 valence electrons. The first-order chi connectivity index (χ1) is 14.6. The van der Waals surface area contributed by atoms with E-state index in [1.54, 1.807) is 35.7 Å². The minimum atomic E-state index is -0.111. The highest BCUT2D eigenvalue weighted by Crippen LogP contribution is 2.25. The molecule has 1 aromatic heterocycles. The number of thiophene rings is 1. The second-order valence-corrected chi connectivity index (χ2v) is 7.23. The number of rotatable bonds is 10. The topological polar surface area (TPSA) is 76.7 Å². The van der Waals surface area contributed by atoms with Gasteiger partial charge in [0, 0.05) is 29.6 Å². The lowest BCUT2D eigenvalue weighted by atomic mass is 10.2. The van der Waals surface area contributed by atoms with E-state index in [1.165, 1.54) is 11.3 Å². The van der Waals surface area contributed by atoms with E-state index in [9.17, 15) is 9.59 Å². The molecule has 0 atom stereocenters. The summed E-state index contributed by atoms with van der Waals surface area (Å²) in [6.45, 7) is 3.02. The van der Waals surface area contributed by atoms with Crippen LogP contribution in [0.2, 0.25) is 0 Å². The molecule has 0 unspecified atom stereocenters. The number of anilines is 1. The van der Waals surface area contributed by atoms with Crippen LogP contribution in [-0.4, -0.2) is 25.0 Å². The summed E-state index contributed by atoms with van der Waals surface area (Å²) in [5, 5.41) is 9.31. The predicted octanol–water partition coefficient (Wildman–Crippen LogP) is 5.09. The van der Waals surface area contributed by atoms with Crippen LogP contribution in [0.1, 0.15) is 30.1 Å². The Morgan fingerprint density at radius 1 is 0.933 bits per heavy atom. The number of carbonyl (C=O) groups excluding carboxylic acids is 2.